The van der Waals surface area contributed by atoms with Gasteiger partial charge in [0.15, 0.2) is 0 Å². The average molecular weight is 841 g/mol. The summed E-state index contributed by atoms with van der Waals surface area (Å²) in [5, 5.41) is 17.7. The molecule has 4 heterocycles. The van der Waals surface area contributed by atoms with Gasteiger partial charge in [0.2, 0.25) is 5.88 Å². The van der Waals surface area contributed by atoms with Gasteiger partial charge in [-0.25, -0.2) is 4.21 Å². The summed E-state index contributed by atoms with van der Waals surface area (Å²) in [5.41, 5.74) is 2.22. The van der Waals surface area contributed by atoms with Gasteiger partial charge in [-0.05, 0) is 116 Å². The van der Waals surface area contributed by atoms with Gasteiger partial charge in [0.25, 0.3) is 11.8 Å². The number of halogens is 1. The number of methoxy groups -OCH3 is 1. The Morgan fingerprint density at radius 1 is 1.16 bits per heavy atom. The van der Waals surface area contributed by atoms with Crippen molar-refractivity contribution in [3.05, 3.63) is 82.0 Å². The fourth-order valence-electron chi connectivity index (χ4n) is 9.26. The maximum Gasteiger partial charge on any atom is 0.286 e. The van der Waals surface area contributed by atoms with E-state index in [4.69, 9.17) is 21.1 Å². The molecule has 3 aliphatic heterocycles. The van der Waals surface area contributed by atoms with Crippen molar-refractivity contribution in [1.29, 1.82) is 0 Å². The van der Waals surface area contributed by atoms with Crippen LogP contribution in [0.2, 0.25) is 5.02 Å². The van der Waals surface area contributed by atoms with E-state index in [1.165, 1.54) is 29.1 Å². The highest BCUT2D eigenvalue weighted by atomic mass is 35.5. The second-order valence-corrected chi connectivity index (χ2v) is 21.3. The van der Waals surface area contributed by atoms with Gasteiger partial charge >= 0.3 is 0 Å². The maximum absolute atomic E-state index is 14.8. The summed E-state index contributed by atoms with van der Waals surface area (Å²) >= 11 is 10.2. The summed E-state index contributed by atoms with van der Waals surface area (Å²) in [7, 11) is -0.606. The summed E-state index contributed by atoms with van der Waals surface area (Å²) in [5.74, 6) is 1.25. The molecular weight excluding hydrogens is 790 g/mol. The van der Waals surface area contributed by atoms with Crippen LogP contribution in [0.25, 0.3) is 0 Å². The smallest absolute Gasteiger partial charge is 0.286 e. The van der Waals surface area contributed by atoms with E-state index in [0.29, 0.717) is 31.9 Å². The number of aryl methyl sites for hydroxylation is 2. The molecule has 1 aromatic heterocycles. The van der Waals surface area contributed by atoms with Crippen molar-refractivity contribution in [2.24, 2.45) is 29.2 Å². The second kappa shape index (κ2) is 15.9. The zero-order valence-corrected chi connectivity index (χ0v) is 35.3. The normalized spacial score (nSPS) is 31.5. The number of hydrogen-bond acceptors (Lipinski definition) is 10. The van der Waals surface area contributed by atoms with Crippen LogP contribution in [0.5, 0.6) is 11.6 Å². The quantitative estimate of drug-likeness (QED) is 0.263. The van der Waals surface area contributed by atoms with Crippen molar-refractivity contribution in [2.45, 2.75) is 67.5 Å². The van der Waals surface area contributed by atoms with Gasteiger partial charge in [-0.15, -0.1) is 33.0 Å². The van der Waals surface area contributed by atoms with Crippen LogP contribution in [0.4, 0.5) is 5.69 Å². The van der Waals surface area contributed by atoms with Gasteiger partial charge < -0.3 is 19.5 Å². The molecule has 1 saturated carbocycles. The molecule has 11 nitrogen and oxygen atoms in total. The van der Waals surface area contributed by atoms with E-state index in [0.717, 1.165) is 60.7 Å². The number of carbonyl (C=O) groups is 2. The van der Waals surface area contributed by atoms with E-state index in [1.807, 2.05) is 54.7 Å². The van der Waals surface area contributed by atoms with Crippen molar-refractivity contribution < 1.29 is 28.4 Å². The molecule has 2 fully saturated rings. The second-order valence-electron chi connectivity index (χ2n) is 16.1. The predicted molar refractivity (Wildman–Crippen MR) is 225 cm³/mol. The molecule has 2 amide bonds. The number of benzene rings is 2. The van der Waals surface area contributed by atoms with Crippen LogP contribution >= 0.6 is 35.1 Å². The third-order valence-electron chi connectivity index (χ3n) is 12.1. The minimum absolute atomic E-state index is 0.00671. The Bertz CT molecular complexity index is 2170. The number of carbonyl (C=O) groups excluding carboxylic acids is 2. The third kappa shape index (κ3) is 7.72. The summed E-state index contributed by atoms with van der Waals surface area (Å²) < 4.78 is 35.1. The number of ether oxygens (including phenoxy) is 2. The Labute approximate surface area is 343 Å². The standard InChI is InChI=1S/C41H50ClN5O6S3/c1-26-7-4-16-41(50,39-54-17-6-18-55-39)33-12-9-29(33)21-47-24-40(15-5-8-27-19-30(42)11-13-32(27)40)25-53-35-14-10-28(20-34(35)47)36(48)44-56(51,23-26)45-37(49)31-22-46(2)43-38(31)52-3/h4,10-11,13-14,16,19-20,22,26,29,33,39,50H,5-9,12,15,17-18,21,23-25H2,1-3H3,(H,44,45,48,49,51)/b16-4+/t26-,29-,33+,40-,41?,56-/m0/s1. The lowest BCUT2D eigenvalue weighted by Crippen LogP contribution is -2.55. The number of anilines is 1. The van der Waals surface area contributed by atoms with E-state index < -0.39 is 27.3 Å². The van der Waals surface area contributed by atoms with Crippen LogP contribution in [0.1, 0.15) is 77.3 Å². The molecule has 2 bridgehead atoms. The molecule has 1 spiro atoms. The molecule has 5 aliphatic rings. The maximum atomic E-state index is 14.8. The summed E-state index contributed by atoms with van der Waals surface area (Å²) in [6.45, 7) is 3.72. The highest BCUT2D eigenvalue weighted by Crippen LogP contribution is 2.53. The molecule has 0 radical (unpaired) electrons. The largest absolute Gasteiger partial charge is 0.490 e. The first-order valence-electron chi connectivity index (χ1n) is 19.5. The van der Waals surface area contributed by atoms with Gasteiger partial charge in [-0.3, -0.25) is 19.0 Å². The Hall–Kier alpha value is -3.17. The molecule has 3 aromatic rings. The fourth-order valence-corrected chi connectivity index (χ4v) is 14.6. The number of amides is 2. The number of rotatable bonds is 4. The lowest BCUT2D eigenvalue weighted by Gasteiger charge is -2.51. The summed E-state index contributed by atoms with van der Waals surface area (Å²) in [4.78, 5) is 30.2. The van der Waals surface area contributed by atoms with Gasteiger partial charge in [0, 0.05) is 42.3 Å². The highest BCUT2D eigenvalue weighted by molar-refractivity contribution is 8.17. The molecule has 1 saturated heterocycles. The van der Waals surface area contributed by atoms with E-state index in [1.54, 1.807) is 19.2 Å². The molecule has 8 rings (SSSR count). The lowest BCUT2D eigenvalue weighted by atomic mass is 9.64. The number of fused-ring (bicyclic) bond motifs is 4. The van der Waals surface area contributed by atoms with E-state index in [9.17, 15) is 18.9 Å². The minimum Gasteiger partial charge on any atom is -0.490 e. The molecule has 2 N–H and O–H groups in total. The number of thioether (sulfide) groups is 2. The number of aliphatic hydroxyl groups is 1. The number of allylic oxidation sites excluding steroid dienone is 1. The Morgan fingerprint density at radius 2 is 1.98 bits per heavy atom. The van der Waals surface area contributed by atoms with Crippen molar-refractivity contribution in [2.75, 3.05) is 49.0 Å². The summed E-state index contributed by atoms with van der Waals surface area (Å²) in [6, 6.07) is 11.5. The van der Waals surface area contributed by atoms with E-state index in [2.05, 4.69) is 31.2 Å². The number of nitrogens with zero attached hydrogens (tertiary/aromatic N) is 4. The Balaban J connectivity index is 1.23. The topological polar surface area (TPSA) is 135 Å². The molecule has 6 atom stereocenters. The van der Waals surface area contributed by atoms with Crippen LogP contribution in [0.15, 0.2) is 59.1 Å². The Morgan fingerprint density at radius 3 is 2.75 bits per heavy atom. The first kappa shape index (κ1) is 39.6. The molecule has 1 unspecified atom stereocenters. The highest BCUT2D eigenvalue weighted by Gasteiger charge is 2.52. The SMILES string of the molecule is COc1nn(C)cc1C(=O)N[S@@]1(=O)=NC(=O)c2ccc3c(c2)N(C[C@@H]2CC[C@H]2C(O)(C2SCCCS2)/C=C/C[C@H](C)C1)C[C@@]1(CCCc2cc(Cl)ccc21)CO3. The lowest BCUT2D eigenvalue weighted by molar-refractivity contribution is -0.0333. The number of aromatic nitrogens is 2. The monoisotopic (exact) mass is 839 g/mol. The van der Waals surface area contributed by atoms with Crippen LogP contribution in [-0.4, -0.2) is 85.2 Å². The predicted octanol–water partition coefficient (Wildman–Crippen LogP) is 7.06. The zero-order valence-electron chi connectivity index (χ0n) is 32.1. The molecule has 56 heavy (non-hydrogen) atoms. The van der Waals surface area contributed by atoms with Gasteiger partial charge in [-0.2, -0.15) is 0 Å². The van der Waals surface area contributed by atoms with Crippen LogP contribution in [-0.2, 0) is 28.8 Å². The summed E-state index contributed by atoms with van der Waals surface area (Å²) in [6.07, 6.45) is 11.9. The molecular formula is C41H50ClN5O6S3. The van der Waals surface area contributed by atoms with E-state index in [-0.39, 0.29) is 50.5 Å². The van der Waals surface area contributed by atoms with Crippen molar-refractivity contribution in [3.63, 3.8) is 0 Å². The fraction of sp³-hybridized carbons (Fsp3) is 0.537. The van der Waals surface area contributed by atoms with Crippen molar-refractivity contribution >= 4 is 62.5 Å². The van der Waals surface area contributed by atoms with Crippen LogP contribution in [0.3, 0.4) is 0 Å². The third-order valence-corrected chi connectivity index (χ3v) is 17.6. The van der Waals surface area contributed by atoms with Crippen molar-refractivity contribution in [3.8, 4) is 11.6 Å². The minimum atomic E-state index is -3.66. The van der Waals surface area contributed by atoms with Crippen LogP contribution in [0, 0.1) is 17.8 Å². The average Bonchev–Trinajstić information content (AvgIpc) is 3.48. The van der Waals surface area contributed by atoms with Gasteiger partial charge in [0.1, 0.15) is 26.8 Å². The van der Waals surface area contributed by atoms with Crippen LogP contribution < -0.4 is 19.1 Å². The molecule has 300 valence electrons. The number of hydrogen-bond donors (Lipinski definition) is 2. The molecule has 2 aliphatic carbocycles. The number of nitrogens with one attached hydrogen (secondary N) is 1. The first-order valence-corrected chi connectivity index (χ1v) is 23.7. The first-order chi connectivity index (χ1) is 26.9. The van der Waals surface area contributed by atoms with Crippen molar-refractivity contribution in [1.82, 2.24) is 14.5 Å². The Kier molecular flexibility index (Phi) is 11.2. The van der Waals surface area contributed by atoms with Gasteiger partial charge in [-0.1, -0.05) is 36.7 Å². The van der Waals surface area contributed by atoms with Gasteiger partial charge in [0.05, 0.1) is 29.7 Å². The molecule has 15 heteroatoms. The molecule has 2 aromatic carbocycles. The zero-order chi connectivity index (χ0) is 39.2. The van der Waals surface area contributed by atoms with E-state index >= 15 is 0 Å².